The highest BCUT2D eigenvalue weighted by Gasteiger charge is 2.28. The van der Waals surface area contributed by atoms with Crippen LogP contribution >= 0.6 is 0 Å². The molecular weight excluding hydrogens is 501 g/mol. The molecule has 1 fully saturated rings. The van der Waals surface area contributed by atoms with E-state index in [9.17, 15) is 14.0 Å². The summed E-state index contributed by atoms with van der Waals surface area (Å²) < 4.78 is 17.1. The molecule has 2 aliphatic heterocycles. The van der Waals surface area contributed by atoms with Gasteiger partial charge < -0.3 is 21.8 Å². The first-order valence-electron chi connectivity index (χ1n) is 12.6. The molecule has 6 rings (SSSR count). The van der Waals surface area contributed by atoms with E-state index in [1.54, 1.807) is 34.0 Å². The SMILES string of the molecule is N=CC=C(N)C(=O)N1CCC(n2c(=O)ccc3c(N)n4ncc(C5=CC6CC(F)=CC=C6N=C5)c4nc32)CC1. The maximum Gasteiger partial charge on any atom is 0.269 e. The smallest absolute Gasteiger partial charge is 0.269 e. The van der Waals surface area contributed by atoms with E-state index >= 15 is 0 Å². The van der Waals surface area contributed by atoms with Gasteiger partial charge in [0.2, 0.25) is 0 Å². The summed E-state index contributed by atoms with van der Waals surface area (Å²) in [5.74, 6) is -0.372. The van der Waals surface area contributed by atoms with E-state index in [0.717, 1.165) is 17.5 Å². The minimum Gasteiger partial charge on any atom is -0.394 e. The number of aliphatic imine (C=N–C) groups is 1. The van der Waals surface area contributed by atoms with Crippen molar-refractivity contribution in [1.29, 1.82) is 5.41 Å². The van der Waals surface area contributed by atoms with Crippen molar-refractivity contribution >= 4 is 46.4 Å². The molecule has 5 N–H and O–H groups in total. The molecule has 3 aromatic heterocycles. The van der Waals surface area contributed by atoms with E-state index in [-0.39, 0.29) is 41.4 Å². The predicted molar refractivity (Wildman–Crippen MR) is 147 cm³/mol. The van der Waals surface area contributed by atoms with Crippen LogP contribution in [0.3, 0.4) is 0 Å². The Balaban J connectivity index is 1.39. The molecule has 1 amide bonds. The maximum atomic E-state index is 13.9. The Morgan fingerprint density at radius 2 is 1.97 bits per heavy atom. The number of anilines is 1. The fourth-order valence-electron chi connectivity index (χ4n) is 5.45. The molecule has 0 saturated carbocycles. The summed E-state index contributed by atoms with van der Waals surface area (Å²) in [6.07, 6.45) is 12.0. The zero-order valence-electron chi connectivity index (χ0n) is 20.9. The molecule has 11 nitrogen and oxygen atoms in total. The second-order valence-electron chi connectivity index (χ2n) is 9.78. The van der Waals surface area contributed by atoms with E-state index in [1.807, 2.05) is 6.08 Å². The number of nitrogens with two attached hydrogens (primary N) is 2. The van der Waals surface area contributed by atoms with Crippen molar-refractivity contribution in [2.75, 3.05) is 18.8 Å². The Bertz CT molecular complexity index is 1750. The highest BCUT2D eigenvalue weighted by atomic mass is 19.1. The van der Waals surface area contributed by atoms with Crippen LogP contribution in [0.4, 0.5) is 10.2 Å². The molecule has 198 valence electrons. The van der Waals surface area contributed by atoms with Crippen LogP contribution in [0.25, 0.3) is 22.3 Å². The van der Waals surface area contributed by atoms with E-state index < -0.39 is 0 Å². The predicted octanol–water partition coefficient (Wildman–Crippen LogP) is 2.51. The Morgan fingerprint density at radius 1 is 1.18 bits per heavy atom. The van der Waals surface area contributed by atoms with E-state index in [2.05, 4.69) is 10.1 Å². The number of hydrogen-bond donors (Lipinski definition) is 3. The van der Waals surface area contributed by atoms with Gasteiger partial charge in [-0.3, -0.25) is 19.1 Å². The number of carbonyl (C=O) groups is 1. The number of hydrogen-bond acceptors (Lipinski definition) is 8. The van der Waals surface area contributed by atoms with Crippen LogP contribution in [0.2, 0.25) is 0 Å². The third kappa shape index (κ3) is 4.13. The number of fused-ring (bicyclic) bond motifs is 3. The van der Waals surface area contributed by atoms with Gasteiger partial charge in [0.15, 0.2) is 5.65 Å². The number of nitrogen functional groups attached to an aromatic ring is 1. The number of aromatic nitrogens is 4. The monoisotopic (exact) mass is 527 g/mol. The summed E-state index contributed by atoms with van der Waals surface area (Å²) in [5, 5.41) is 12.2. The van der Waals surface area contributed by atoms with Crippen molar-refractivity contribution in [2.24, 2.45) is 16.6 Å². The van der Waals surface area contributed by atoms with Crippen molar-refractivity contribution < 1.29 is 9.18 Å². The van der Waals surface area contributed by atoms with Gasteiger partial charge in [-0.15, -0.1) is 0 Å². The van der Waals surface area contributed by atoms with E-state index in [4.69, 9.17) is 21.9 Å². The highest BCUT2D eigenvalue weighted by Crippen LogP contribution is 2.35. The van der Waals surface area contributed by atoms with Crippen LogP contribution < -0.4 is 17.0 Å². The lowest BCUT2D eigenvalue weighted by molar-refractivity contribution is -0.128. The van der Waals surface area contributed by atoms with Gasteiger partial charge in [0.25, 0.3) is 11.5 Å². The van der Waals surface area contributed by atoms with Crippen LogP contribution in [0, 0.1) is 11.3 Å². The van der Waals surface area contributed by atoms with Gasteiger partial charge >= 0.3 is 0 Å². The molecule has 39 heavy (non-hydrogen) atoms. The lowest BCUT2D eigenvalue weighted by Gasteiger charge is -2.33. The van der Waals surface area contributed by atoms with Gasteiger partial charge in [0, 0.05) is 66.8 Å². The molecule has 0 bridgehead atoms. The third-order valence-corrected chi connectivity index (χ3v) is 7.46. The number of halogens is 1. The normalized spacial score (nSPS) is 20.0. The molecule has 1 unspecified atom stereocenters. The summed E-state index contributed by atoms with van der Waals surface area (Å²) in [6, 6.07) is 2.90. The zero-order chi connectivity index (χ0) is 27.3. The summed E-state index contributed by atoms with van der Waals surface area (Å²) in [6.45, 7) is 0.806. The topological polar surface area (TPSA) is 161 Å². The van der Waals surface area contributed by atoms with Gasteiger partial charge in [-0.05, 0) is 37.1 Å². The van der Waals surface area contributed by atoms with Gasteiger partial charge in [-0.25, -0.2) is 9.37 Å². The van der Waals surface area contributed by atoms with Gasteiger partial charge in [0.1, 0.15) is 17.3 Å². The van der Waals surface area contributed by atoms with Crippen LogP contribution in [-0.2, 0) is 4.79 Å². The number of allylic oxidation sites excluding steroid dienone is 6. The number of carbonyl (C=O) groups excluding carboxylic acids is 1. The molecule has 3 aliphatic rings. The fraction of sp³-hybridized carbons (Fsp3) is 0.259. The number of amides is 1. The standard InChI is InChI=1S/C27H26FN9O2/c28-17-1-3-22-15(12-17)11-16(13-32-22)20-14-33-37-24(31)19-2-4-23(38)36(25(19)34-26(20)37)18-6-9-35(10-7-18)27(39)21(30)5-8-29/h1-5,8,11,13-15,18,29H,6-7,9-10,12,30-31H2. The summed E-state index contributed by atoms with van der Waals surface area (Å²) in [7, 11) is 0. The van der Waals surface area contributed by atoms with Crippen LogP contribution in [0.15, 0.2) is 69.6 Å². The van der Waals surface area contributed by atoms with Crippen LogP contribution in [-0.4, -0.2) is 55.5 Å². The summed E-state index contributed by atoms with van der Waals surface area (Å²) >= 11 is 0. The number of piperidine rings is 1. The lowest BCUT2D eigenvalue weighted by atomic mass is 9.90. The maximum absolute atomic E-state index is 13.9. The largest absolute Gasteiger partial charge is 0.394 e. The average molecular weight is 528 g/mol. The van der Waals surface area contributed by atoms with Gasteiger partial charge in [-0.2, -0.15) is 9.61 Å². The minimum atomic E-state index is -0.330. The Hall–Kier alpha value is -4.87. The molecule has 1 aliphatic carbocycles. The van der Waals surface area contributed by atoms with E-state index in [1.165, 1.54) is 22.7 Å². The number of pyridine rings is 1. The van der Waals surface area contributed by atoms with E-state index in [0.29, 0.717) is 54.0 Å². The molecule has 5 heterocycles. The zero-order valence-corrected chi connectivity index (χ0v) is 20.9. The molecule has 0 aromatic carbocycles. The minimum absolute atomic E-state index is 0.00558. The van der Waals surface area contributed by atoms with Crippen molar-refractivity contribution in [2.45, 2.75) is 25.3 Å². The van der Waals surface area contributed by atoms with Gasteiger partial charge in [-0.1, -0.05) is 6.08 Å². The molecule has 0 radical (unpaired) electrons. The fourth-order valence-corrected chi connectivity index (χ4v) is 5.45. The third-order valence-electron chi connectivity index (χ3n) is 7.46. The first kappa shape index (κ1) is 24.5. The molecule has 3 aromatic rings. The van der Waals surface area contributed by atoms with Crippen molar-refractivity contribution in [3.8, 4) is 0 Å². The second-order valence-corrected chi connectivity index (χ2v) is 9.78. The second kappa shape index (κ2) is 9.46. The Kier molecular flexibility index (Phi) is 5.93. The quantitative estimate of drug-likeness (QED) is 0.349. The van der Waals surface area contributed by atoms with Crippen molar-refractivity contribution in [1.82, 2.24) is 24.1 Å². The highest BCUT2D eigenvalue weighted by molar-refractivity contribution is 6.13. The lowest BCUT2D eigenvalue weighted by Crippen LogP contribution is -2.42. The number of dihydropyridines is 1. The molecule has 12 heteroatoms. The molecular formula is C27H26FN9O2. The average Bonchev–Trinajstić information content (AvgIpc) is 3.37. The molecule has 1 atom stereocenters. The first-order chi connectivity index (χ1) is 18.9. The Labute approximate surface area is 221 Å². The molecule has 1 saturated heterocycles. The van der Waals surface area contributed by atoms with Crippen LogP contribution in [0.1, 0.15) is 30.9 Å². The summed E-state index contributed by atoms with van der Waals surface area (Å²) in [4.78, 5) is 36.7. The van der Waals surface area contributed by atoms with Crippen molar-refractivity contribution in [3.63, 3.8) is 0 Å². The summed E-state index contributed by atoms with van der Waals surface area (Å²) in [5.41, 5.74) is 15.2. The Morgan fingerprint density at radius 3 is 2.74 bits per heavy atom. The number of likely N-dealkylation sites (tertiary alicyclic amines) is 1. The molecule has 0 spiro atoms. The first-order valence-corrected chi connectivity index (χ1v) is 12.6. The number of nitrogens with one attached hydrogen (secondary N) is 1. The number of rotatable bonds is 4. The van der Waals surface area contributed by atoms with Gasteiger partial charge in [0.05, 0.1) is 17.3 Å². The van der Waals surface area contributed by atoms with Crippen molar-refractivity contribution in [3.05, 3.63) is 75.8 Å². The number of nitrogens with zero attached hydrogens (tertiary/aromatic N) is 6. The van der Waals surface area contributed by atoms with Crippen LogP contribution in [0.5, 0.6) is 0 Å².